The Balaban J connectivity index is 1.52. The van der Waals surface area contributed by atoms with Gasteiger partial charge in [-0.15, -0.1) is 0 Å². The summed E-state index contributed by atoms with van der Waals surface area (Å²) in [5, 5.41) is 11.8. The van der Waals surface area contributed by atoms with Gasteiger partial charge < -0.3 is 19.9 Å². The van der Waals surface area contributed by atoms with Crippen LogP contribution >= 0.6 is 0 Å². The third-order valence-corrected chi connectivity index (χ3v) is 5.91. The summed E-state index contributed by atoms with van der Waals surface area (Å²) in [6.45, 7) is 2.79. The van der Waals surface area contributed by atoms with Crippen LogP contribution in [0.4, 0.5) is 8.78 Å². The summed E-state index contributed by atoms with van der Waals surface area (Å²) in [4.78, 5) is 36.5. The monoisotopic (exact) mass is 539 g/mol. The van der Waals surface area contributed by atoms with E-state index in [-0.39, 0.29) is 17.7 Å². The van der Waals surface area contributed by atoms with E-state index in [4.69, 9.17) is 9.47 Å². The zero-order valence-electron chi connectivity index (χ0n) is 21.6. The maximum absolute atomic E-state index is 13.4. The molecule has 7 nitrogen and oxygen atoms in total. The first kappa shape index (κ1) is 29.3. The molecule has 3 aromatic rings. The van der Waals surface area contributed by atoms with Crippen LogP contribution in [-0.2, 0) is 11.2 Å². The molecule has 9 heteroatoms. The van der Waals surface area contributed by atoms with Gasteiger partial charge >= 0.3 is 11.9 Å². The van der Waals surface area contributed by atoms with Crippen molar-refractivity contribution in [3.05, 3.63) is 95.1 Å². The Bertz CT molecular complexity index is 1240. The number of amides is 1. The number of esters is 1. The Morgan fingerprint density at radius 2 is 1.44 bits per heavy atom. The number of carboxylic acid groups (broad SMARTS) is 1. The maximum atomic E-state index is 13.4. The number of carboxylic acids is 1. The summed E-state index contributed by atoms with van der Waals surface area (Å²) in [5.41, 5.74) is 0.545. The number of carbonyl (C=O) groups is 3. The number of nitrogens with one attached hydrogen (secondary N) is 1. The molecule has 0 spiro atoms. The van der Waals surface area contributed by atoms with Gasteiger partial charge in [-0.05, 0) is 60.5 Å². The molecule has 0 fully saturated rings. The Labute approximate surface area is 225 Å². The van der Waals surface area contributed by atoms with Crippen LogP contribution in [0.5, 0.6) is 11.5 Å². The standard InChI is InChI=1S/C30H31F2NO6/c1-2-3-4-5-6-15-38-25-13-9-21(10-14-25)30(37)39-26-11-7-20(8-12-26)16-27(29(35)36)33-28(34)22-17-23(31)19-24(32)18-22/h7-14,17-19,27H,2-6,15-16H2,1H3,(H,33,34)(H,35,36)/t27-/m0/s1. The third-order valence-electron chi connectivity index (χ3n) is 5.91. The van der Waals surface area contributed by atoms with Crippen molar-refractivity contribution in [1.29, 1.82) is 0 Å². The van der Waals surface area contributed by atoms with E-state index in [2.05, 4.69) is 12.2 Å². The molecule has 2 N–H and O–H groups in total. The van der Waals surface area contributed by atoms with E-state index < -0.39 is 35.5 Å². The fourth-order valence-corrected chi connectivity index (χ4v) is 3.80. The largest absolute Gasteiger partial charge is 0.494 e. The molecule has 0 unspecified atom stereocenters. The highest BCUT2D eigenvalue weighted by Gasteiger charge is 2.22. The van der Waals surface area contributed by atoms with Crippen molar-refractivity contribution in [1.82, 2.24) is 5.32 Å². The molecular formula is C30H31F2NO6. The molecule has 3 rings (SSSR count). The maximum Gasteiger partial charge on any atom is 0.343 e. The molecule has 3 aromatic carbocycles. The van der Waals surface area contributed by atoms with Gasteiger partial charge in [-0.25, -0.2) is 18.4 Å². The van der Waals surface area contributed by atoms with Gasteiger partial charge in [-0.3, -0.25) is 4.79 Å². The molecule has 0 aliphatic rings. The summed E-state index contributed by atoms with van der Waals surface area (Å²) < 4.78 is 37.9. The highest BCUT2D eigenvalue weighted by molar-refractivity contribution is 5.96. The van der Waals surface area contributed by atoms with Gasteiger partial charge in [0.15, 0.2) is 0 Å². The number of unbranched alkanes of at least 4 members (excludes halogenated alkanes) is 4. The lowest BCUT2D eigenvalue weighted by Crippen LogP contribution is -2.42. The highest BCUT2D eigenvalue weighted by Crippen LogP contribution is 2.18. The molecule has 206 valence electrons. The van der Waals surface area contributed by atoms with E-state index in [0.29, 0.717) is 29.5 Å². The summed E-state index contributed by atoms with van der Waals surface area (Å²) >= 11 is 0. The molecule has 0 aliphatic carbocycles. The Kier molecular flexibility index (Phi) is 11.0. The number of ether oxygens (including phenoxy) is 2. The van der Waals surface area contributed by atoms with E-state index in [9.17, 15) is 28.3 Å². The zero-order valence-corrected chi connectivity index (χ0v) is 21.6. The van der Waals surface area contributed by atoms with Gasteiger partial charge in [0.1, 0.15) is 29.2 Å². The summed E-state index contributed by atoms with van der Waals surface area (Å²) in [6.07, 6.45) is 5.61. The summed E-state index contributed by atoms with van der Waals surface area (Å²) in [7, 11) is 0. The number of carbonyl (C=O) groups excluding carboxylic acids is 2. The van der Waals surface area contributed by atoms with Crippen LogP contribution in [0, 0.1) is 11.6 Å². The molecule has 0 aliphatic heterocycles. The number of benzene rings is 3. The lowest BCUT2D eigenvalue weighted by Gasteiger charge is -2.15. The smallest absolute Gasteiger partial charge is 0.343 e. The van der Waals surface area contributed by atoms with Crippen LogP contribution in [0.15, 0.2) is 66.7 Å². The second kappa shape index (κ2) is 14.6. The molecule has 0 saturated heterocycles. The van der Waals surface area contributed by atoms with Crippen molar-refractivity contribution >= 4 is 17.8 Å². The van der Waals surface area contributed by atoms with Gasteiger partial charge in [0, 0.05) is 18.1 Å². The predicted molar refractivity (Wildman–Crippen MR) is 141 cm³/mol. The van der Waals surface area contributed by atoms with E-state index in [1.165, 1.54) is 31.4 Å². The quantitative estimate of drug-likeness (QED) is 0.149. The second-order valence-electron chi connectivity index (χ2n) is 9.05. The Hall–Kier alpha value is -4.27. The minimum atomic E-state index is -1.35. The first-order valence-corrected chi connectivity index (χ1v) is 12.8. The minimum absolute atomic E-state index is 0.104. The average molecular weight is 540 g/mol. The lowest BCUT2D eigenvalue weighted by atomic mass is 10.1. The minimum Gasteiger partial charge on any atom is -0.494 e. The van der Waals surface area contributed by atoms with Crippen LogP contribution in [0.25, 0.3) is 0 Å². The van der Waals surface area contributed by atoms with Crippen LogP contribution < -0.4 is 14.8 Å². The number of hydrogen-bond donors (Lipinski definition) is 2. The van der Waals surface area contributed by atoms with Crippen LogP contribution in [0.2, 0.25) is 0 Å². The highest BCUT2D eigenvalue weighted by atomic mass is 19.1. The number of rotatable bonds is 14. The van der Waals surface area contributed by atoms with Gasteiger partial charge in [-0.1, -0.05) is 44.7 Å². The van der Waals surface area contributed by atoms with Crippen molar-refractivity contribution in [2.75, 3.05) is 6.61 Å². The van der Waals surface area contributed by atoms with Crippen molar-refractivity contribution in [3.8, 4) is 11.5 Å². The molecule has 1 atom stereocenters. The molecule has 0 aromatic heterocycles. The van der Waals surface area contributed by atoms with Gasteiger partial charge in [0.25, 0.3) is 5.91 Å². The van der Waals surface area contributed by atoms with Gasteiger partial charge in [0.05, 0.1) is 12.2 Å². The number of hydrogen-bond acceptors (Lipinski definition) is 5. The Morgan fingerprint density at radius 3 is 2.05 bits per heavy atom. The summed E-state index contributed by atoms with van der Waals surface area (Å²) in [5.74, 6) is -3.78. The first-order valence-electron chi connectivity index (χ1n) is 12.8. The van der Waals surface area contributed by atoms with Crippen molar-refractivity contribution in [2.24, 2.45) is 0 Å². The zero-order chi connectivity index (χ0) is 28.2. The second-order valence-corrected chi connectivity index (χ2v) is 9.05. The normalized spacial score (nSPS) is 11.5. The fourth-order valence-electron chi connectivity index (χ4n) is 3.80. The van der Waals surface area contributed by atoms with Crippen molar-refractivity contribution in [3.63, 3.8) is 0 Å². The molecule has 0 radical (unpaired) electrons. The number of halogens is 2. The first-order chi connectivity index (χ1) is 18.7. The van der Waals surface area contributed by atoms with Crippen LogP contribution in [-0.4, -0.2) is 35.6 Å². The average Bonchev–Trinajstić information content (AvgIpc) is 2.91. The molecule has 1 amide bonds. The SMILES string of the molecule is CCCCCCCOc1ccc(C(=O)Oc2ccc(C[C@H](NC(=O)c3cc(F)cc(F)c3)C(=O)O)cc2)cc1. The topological polar surface area (TPSA) is 102 Å². The van der Waals surface area contributed by atoms with E-state index in [1.54, 1.807) is 36.4 Å². The van der Waals surface area contributed by atoms with E-state index in [0.717, 1.165) is 25.0 Å². The Morgan fingerprint density at radius 1 is 0.821 bits per heavy atom. The lowest BCUT2D eigenvalue weighted by molar-refractivity contribution is -0.139. The molecule has 0 bridgehead atoms. The number of aliphatic carboxylic acids is 1. The van der Waals surface area contributed by atoms with E-state index in [1.807, 2.05) is 0 Å². The van der Waals surface area contributed by atoms with Crippen molar-refractivity contribution in [2.45, 2.75) is 51.5 Å². The molecule has 0 heterocycles. The summed E-state index contributed by atoms with van der Waals surface area (Å²) in [6, 6.07) is 13.7. The van der Waals surface area contributed by atoms with Crippen LogP contribution in [0.3, 0.4) is 0 Å². The molecule has 39 heavy (non-hydrogen) atoms. The third kappa shape index (κ3) is 9.52. The van der Waals surface area contributed by atoms with Gasteiger partial charge in [0.2, 0.25) is 0 Å². The van der Waals surface area contributed by atoms with Crippen molar-refractivity contribution < 1.29 is 37.7 Å². The van der Waals surface area contributed by atoms with Gasteiger partial charge in [-0.2, -0.15) is 0 Å². The van der Waals surface area contributed by atoms with Crippen LogP contribution in [0.1, 0.15) is 65.3 Å². The fraction of sp³-hybridized carbons (Fsp3) is 0.300. The van der Waals surface area contributed by atoms with E-state index >= 15 is 0 Å². The predicted octanol–water partition coefficient (Wildman–Crippen LogP) is 5.96. The molecular weight excluding hydrogens is 508 g/mol. The molecule has 0 saturated carbocycles.